The number of morpholine rings is 1. The van der Waals surface area contributed by atoms with E-state index in [0.717, 1.165) is 13.2 Å². The summed E-state index contributed by atoms with van der Waals surface area (Å²) in [5.74, 6) is 0. The molecule has 1 aromatic rings. The van der Waals surface area contributed by atoms with E-state index in [1.807, 2.05) is 0 Å². The molecule has 1 saturated heterocycles. The molecule has 0 spiro atoms. The minimum absolute atomic E-state index is 0.0272. The maximum Gasteiger partial charge on any atom is 0.292 e. The molecule has 0 radical (unpaired) electrons. The zero-order chi connectivity index (χ0) is 16.1. The molecule has 1 aliphatic heterocycles. The van der Waals surface area contributed by atoms with E-state index in [-0.39, 0.29) is 18.3 Å². The highest BCUT2D eigenvalue weighted by molar-refractivity contribution is 5.62. The van der Waals surface area contributed by atoms with Crippen molar-refractivity contribution in [3.63, 3.8) is 0 Å². The quantitative estimate of drug-likeness (QED) is 0.613. The van der Waals surface area contributed by atoms with Crippen LogP contribution in [0.4, 0.5) is 11.4 Å². The number of ether oxygens (including phenoxy) is 1. The van der Waals surface area contributed by atoms with Crippen molar-refractivity contribution in [1.29, 1.82) is 0 Å². The lowest BCUT2D eigenvalue weighted by Crippen LogP contribution is -2.50. The van der Waals surface area contributed by atoms with Crippen LogP contribution in [-0.2, 0) is 11.3 Å². The molecule has 1 aromatic carbocycles. The number of nitrogens with zero attached hydrogens (tertiary/aromatic N) is 2. The average molecular weight is 309 g/mol. The maximum absolute atomic E-state index is 11.1. The van der Waals surface area contributed by atoms with Crippen molar-refractivity contribution in [3.05, 3.63) is 33.9 Å². The van der Waals surface area contributed by atoms with Gasteiger partial charge in [-0.3, -0.25) is 15.0 Å². The molecule has 0 bridgehead atoms. The smallest absolute Gasteiger partial charge is 0.292 e. The van der Waals surface area contributed by atoms with Crippen LogP contribution >= 0.6 is 0 Å². The van der Waals surface area contributed by atoms with Gasteiger partial charge in [-0.25, -0.2) is 0 Å². The summed E-state index contributed by atoms with van der Waals surface area (Å²) in [5, 5.41) is 23.4. The van der Waals surface area contributed by atoms with Gasteiger partial charge in [-0.1, -0.05) is 0 Å². The van der Waals surface area contributed by atoms with Gasteiger partial charge in [0.1, 0.15) is 5.69 Å². The second-order valence-corrected chi connectivity index (χ2v) is 5.66. The number of nitrogens with one attached hydrogen (secondary N) is 1. The number of aliphatic hydroxyl groups is 1. The first kappa shape index (κ1) is 16.7. The molecule has 7 nitrogen and oxygen atoms in total. The number of hydrogen-bond donors (Lipinski definition) is 2. The Bertz CT molecular complexity index is 524. The van der Waals surface area contributed by atoms with Crippen molar-refractivity contribution in [2.45, 2.75) is 32.5 Å². The van der Waals surface area contributed by atoms with E-state index in [1.165, 1.54) is 6.07 Å². The Kier molecular flexibility index (Phi) is 5.70. The van der Waals surface area contributed by atoms with Gasteiger partial charge in [0.25, 0.3) is 5.69 Å². The van der Waals surface area contributed by atoms with Gasteiger partial charge in [0.05, 0.1) is 24.7 Å². The second-order valence-electron chi connectivity index (χ2n) is 5.66. The summed E-state index contributed by atoms with van der Waals surface area (Å²) in [5.41, 5.74) is 1.13. The van der Waals surface area contributed by atoms with Gasteiger partial charge >= 0.3 is 0 Å². The number of rotatable bonds is 6. The molecule has 2 unspecified atom stereocenters. The van der Waals surface area contributed by atoms with E-state index in [1.54, 1.807) is 12.1 Å². The Hall–Kier alpha value is -1.70. The predicted molar refractivity (Wildman–Crippen MR) is 84.0 cm³/mol. The zero-order valence-corrected chi connectivity index (χ0v) is 13.0. The molecule has 0 aromatic heterocycles. The van der Waals surface area contributed by atoms with E-state index in [9.17, 15) is 15.2 Å². The molecule has 2 atom stereocenters. The van der Waals surface area contributed by atoms with E-state index in [2.05, 4.69) is 24.1 Å². The Morgan fingerprint density at radius 1 is 1.59 bits per heavy atom. The molecule has 0 amide bonds. The van der Waals surface area contributed by atoms with Crippen molar-refractivity contribution in [2.75, 3.05) is 31.6 Å². The molecule has 0 saturated carbocycles. The molecule has 2 N–H and O–H groups in total. The molecule has 22 heavy (non-hydrogen) atoms. The number of hydrogen-bond acceptors (Lipinski definition) is 6. The minimum Gasteiger partial charge on any atom is -0.392 e. The number of anilines is 1. The molecular formula is C15H23N3O4. The highest BCUT2D eigenvalue weighted by Crippen LogP contribution is 2.26. The van der Waals surface area contributed by atoms with Crippen LogP contribution in [0.25, 0.3) is 0 Å². The Labute approximate surface area is 130 Å². The van der Waals surface area contributed by atoms with Crippen LogP contribution in [-0.4, -0.2) is 53.3 Å². The SMILES string of the molecule is CC(CNc1cc(CO)ccc1[N+](=O)[O-])N1CCOCC1C. The largest absolute Gasteiger partial charge is 0.392 e. The van der Waals surface area contributed by atoms with E-state index in [0.29, 0.717) is 30.4 Å². The number of nitro benzene ring substituents is 1. The fraction of sp³-hybridized carbons (Fsp3) is 0.600. The molecular weight excluding hydrogens is 286 g/mol. The van der Waals surface area contributed by atoms with Gasteiger partial charge in [-0.2, -0.15) is 0 Å². The third kappa shape index (κ3) is 3.94. The third-order valence-electron chi connectivity index (χ3n) is 4.01. The van der Waals surface area contributed by atoms with Gasteiger partial charge < -0.3 is 15.2 Å². The Balaban J connectivity index is 2.05. The van der Waals surface area contributed by atoms with Crippen molar-refractivity contribution in [1.82, 2.24) is 4.90 Å². The lowest BCUT2D eigenvalue weighted by atomic mass is 10.1. The first-order valence-corrected chi connectivity index (χ1v) is 7.48. The molecule has 7 heteroatoms. The lowest BCUT2D eigenvalue weighted by Gasteiger charge is -2.38. The standard InChI is InChI=1S/C15H23N3O4/c1-11(17-5-6-22-10-12(17)2)8-16-14-7-13(9-19)3-4-15(14)18(20)21/h3-4,7,11-12,16,19H,5-6,8-10H2,1-2H3. The van der Waals surface area contributed by atoms with Gasteiger partial charge in [-0.05, 0) is 31.5 Å². The van der Waals surface area contributed by atoms with Crippen molar-refractivity contribution >= 4 is 11.4 Å². The second kappa shape index (κ2) is 7.53. The number of benzene rings is 1. The van der Waals surface area contributed by atoms with Gasteiger partial charge in [0.2, 0.25) is 0 Å². The molecule has 1 heterocycles. The van der Waals surface area contributed by atoms with Crippen LogP contribution in [0.15, 0.2) is 18.2 Å². The van der Waals surface area contributed by atoms with Crippen LogP contribution in [0.2, 0.25) is 0 Å². The van der Waals surface area contributed by atoms with E-state index in [4.69, 9.17) is 4.74 Å². The Morgan fingerprint density at radius 3 is 3.00 bits per heavy atom. The first-order valence-electron chi connectivity index (χ1n) is 7.48. The van der Waals surface area contributed by atoms with Gasteiger partial charge in [0.15, 0.2) is 0 Å². The van der Waals surface area contributed by atoms with Crippen molar-refractivity contribution in [2.24, 2.45) is 0 Å². The summed E-state index contributed by atoms with van der Waals surface area (Å²) < 4.78 is 5.43. The lowest BCUT2D eigenvalue weighted by molar-refractivity contribution is -0.384. The maximum atomic E-state index is 11.1. The van der Waals surface area contributed by atoms with Crippen LogP contribution in [0.1, 0.15) is 19.4 Å². The predicted octanol–water partition coefficient (Wildman–Crippen LogP) is 1.61. The molecule has 1 fully saturated rings. The fourth-order valence-electron chi connectivity index (χ4n) is 2.75. The minimum atomic E-state index is -0.411. The highest BCUT2D eigenvalue weighted by Gasteiger charge is 2.24. The monoisotopic (exact) mass is 309 g/mol. The topological polar surface area (TPSA) is 87.9 Å². The Morgan fingerprint density at radius 2 is 2.36 bits per heavy atom. The van der Waals surface area contributed by atoms with Crippen LogP contribution in [0, 0.1) is 10.1 Å². The third-order valence-corrected chi connectivity index (χ3v) is 4.01. The zero-order valence-electron chi connectivity index (χ0n) is 13.0. The van der Waals surface area contributed by atoms with E-state index >= 15 is 0 Å². The molecule has 1 aliphatic rings. The van der Waals surface area contributed by atoms with Crippen molar-refractivity contribution < 1.29 is 14.8 Å². The fourth-order valence-corrected chi connectivity index (χ4v) is 2.75. The molecule has 122 valence electrons. The van der Waals surface area contributed by atoms with E-state index < -0.39 is 4.92 Å². The summed E-state index contributed by atoms with van der Waals surface area (Å²) in [6, 6.07) is 5.20. The molecule has 0 aliphatic carbocycles. The summed E-state index contributed by atoms with van der Waals surface area (Å²) in [4.78, 5) is 13.0. The first-order chi connectivity index (χ1) is 10.5. The summed E-state index contributed by atoms with van der Waals surface area (Å²) >= 11 is 0. The van der Waals surface area contributed by atoms with Crippen LogP contribution in [0.5, 0.6) is 0 Å². The van der Waals surface area contributed by atoms with Crippen LogP contribution < -0.4 is 5.32 Å². The average Bonchev–Trinajstić information content (AvgIpc) is 2.52. The number of nitro groups is 1. The van der Waals surface area contributed by atoms with Gasteiger partial charge in [-0.15, -0.1) is 0 Å². The summed E-state index contributed by atoms with van der Waals surface area (Å²) in [6.45, 7) is 6.96. The highest BCUT2D eigenvalue weighted by atomic mass is 16.6. The molecule has 2 rings (SSSR count). The summed E-state index contributed by atoms with van der Waals surface area (Å²) in [6.07, 6.45) is 0. The van der Waals surface area contributed by atoms with Crippen molar-refractivity contribution in [3.8, 4) is 0 Å². The normalized spacial score (nSPS) is 20.6. The summed E-state index contributed by atoms with van der Waals surface area (Å²) in [7, 11) is 0. The van der Waals surface area contributed by atoms with Gasteiger partial charge in [0, 0.05) is 31.2 Å². The number of aliphatic hydroxyl groups excluding tert-OH is 1. The van der Waals surface area contributed by atoms with Crippen LogP contribution in [0.3, 0.4) is 0 Å².